The zero-order chi connectivity index (χ0) is 19.2. The van der Waals surface area contributed by atoms with Gasteiger partial charge in [0.15, 0.2) is 0 Å². The van der Waals surface area contributed by atoms with Gasteiger partial charge in [0.25, 0.3) is 0 Å². The zero-order valence-corrected chi connectivity index (χ0v) is 17.6. The predicted octanol–water partition coefficient (Wildman–Crippen LogP) is 1.94. The van der Waals surface area contributed by atoms with E-state index in [-0.39, 0.29) is 5.91 Å². The summed E-state index contributed by atoms with van der Waals surface area (Å²) in [7, 11) is 6.07. The summed E-state index contributed by atoms with van der Waals surface area (Å²) in [6.45, 7) is 13.7. The number of hydrogen-bond acceptors (Lipinski definition) is 5. The molecule has 0 heterocycles. The van der Waals surface area contributed by atoms with E-state index in [4.69, 9.17) is 9.47 Å². The summed E-state index contributed by atoms with van der Waals surface area (Å²) in [6, 6.07) is 1.08. The number of hydrogen-bond donors (Lipinski definition) is 0. The first kappa shape index (κ1) is 24.3. The molecule has 0 radical (unpaired) electrons. The molecule has 0 unspecified atom stereocenters. The highest BCUT2D eigenvalue weighted by atomic mass is 16.5. The van der Waals surface area contributed by atoms with Gasteiger partial charge in [0, 0.05) is 32.2 Å². The minimum atomic E-state index is 0.145. The zero-order valence-electron chi connectivity index (χ0n) is 17.6. The van der Waals surface area contributed by atoms with Gasteiger partial charge < -0.3 is 24.2 Å². The van der Waals surface area contributed by atoms with Crippen LogP contribution in [0.3, 0.4) is 0 Å². The Kier molecular flexibility index (Phi) is 14.1. The van der Waals surface area contributed by atoms with E-state index in [0.29, 0.717) is 44.9 Å². The van der Waals surface area contributed by atoms with Crippen LogP contribution in [0.4, 0.5) is 0 Å². The van der Waals surface area contributed by atoms with Crippen LogP contribution in [-0.2, 0) is 14.3 Å². The minimum absolute atomic E-state index is 0.145. The Morgan fingerprint density at radius 3 is 1.84 bits per heavy atom. The topological polar surface area (TPSA) is 45.3 Å². The molecule has 25 heavy (non-hydrogen) atoms. The average molecular weight is 360 g/mol. The van der Waals surface area contributed by atoms with Gasteiger partial charge in [0.1, 0.15) is 0 Å². The minimum Gasteiger partial charge on any atom is -0.379 e. The summed E-state index contributed by atoms with van der Waals surface area (Å²) >= 11 is 0. The summed E-state index contributed by atoms with van der Waals surface area (Å²) in [6.07, 6.45) is 1.43. The van der Waals surface area contributed by atoms with Gasteiger partial charge in [-0.05, 0) is 54.8 Å². The SMILES string of the molecule is CC(C)N(C)CCCN(C)C(=O)CCOCCOCCN(C)C(C)C. The van der Waals surface area contributed by atoms with E-state index in [2.05, 4.69) is 51.6 Å². The summed E-state index contributed by atoms with van der Waals surface area (Å²) in [5.41, 5.74) is 0. The summed E-state index contributed by atoms with van der Waals surface area (Å²) in [4.78, 5) is 18.4. The quantitative estimate of drug-likeness (QED) is 0.418. The molecule has 0 aliphatic heterocycles. The highest BCUT2D eigenvalue weighted by molar-refractivity contribution is 5.75. The Balaban J connectivity index is 3.54. The summed E-state index contributed by atoms with van der Waals surface area (Å²) in [5, 5.41) is 0. The standard InChI is InChI=1S/C19H41N3O3/c1-17(2)20(5)10-8-11-22(7)19(23)9-13-24-15-16-25-14-12-21(6)18(3)4/h17-18H,8-16H2,1-7H3. The lowest BCUT2D eigenvalue weighted by Crippen LogP contribution is -2.33. The van der Waals surface area contributed by atoms with Gasteiger partial charge in [-0.3, -0.25) is 4.79 Å². The lowest BCUT2D eigenvalue weighted by atomic mass is 10.3. The van der Waals surface area contributed by atoms with Crippen LogP contribution >= 0.6 is 0 Å². The van der Waals surface area contributed by atoms with Crippen molar-refractivity contribution in [3.05, 3.63) is 0 Å². The molecule has 0 aliphatic carbocycles. The Bertz CT molecular complexity index is 338. The predicted molar refractivity (Wildman–Crippen MR) is 104 cm³/mol. The molecule has 0 spiro atoms. The molecule has 6 nitrogen and oxygen atoms in total. The fraction of sp³-hybridized carbons (Fsp3) is 0.947. The number of carbonyl (C=O) groups excluding carboxylic acids is 1. The number of rotatable bonds is 15. The van der Waals surface area contributed by atoms with Crippen molar-refractivity contribution >= 4 is 5.91 Å². The number of nitrogens with zero attached hydrogens (tertiary/aromatic N) is 3. The molecule has 6 heteroatoms. The molecule has 0 fully saturated rings. The molecular formula is C19H41N3O3. The van der Waals surface area contributed by atoms with Crippen molar-refractivity contribution in [3.63, 3.8) is 0 Å². The molecule has 0 rings (SSSR count). The van der Waals surface area contributed by atoms with E-state index >= 15 is 0 Å². The molecule has 0 aliphatic rings. The number of carbonyl (C=O) groups is 1. The van der Waals surface area contributed by atoms with Gasteiger partial charge in [0.2, 0.25) is 5.91 Å². The van der Waals surface area contributed by atoms with Crippen LogP contribution in [0.25, 0.3) is 0 Å². The molecule has 0 aromatic heterocycles. The largest absolute Gasteiger partial charge is 0.379 e. The van der Waals surface area contributed by atoms with Crippen molar-refractivity contribution in [1.29, 1.82) is 0 Å². The van der Waals surface area contributed by atoms with Gasteiger partial charge in [-0.25, -0.2) is 0 Å². The van der Waals surface area contributed by atoms with Crippen molar-refractivity contribution in [1.82, 2.24) is 14.7 Å². The number of likely N-dealkylation sites (N-methyl/N-ethyl adjacent to an activating group) is 1. The van der Waals surface area contributed by atoms with Gasteiger partial charge in [-0.2, -0.15) is 0 Å². The van der Waals surface area contributed by atoms with Crippen LogP contribution in [-0.4, -0.2) is 99.9 Å². The fourth-order valence-electron chi connectivity index (χ4n) is 2.08. The maximum atomic E-state index is 12.0. The number of amides is 1. The molecule has 0 saturated carbocycles. The van der Waals surface area contributed by atoms with E-state index in [1.807, 2.05) is 7.05 Å². The normalized spacial score (nSPS) is 12.0. The van der Waals surface area contributed by atoms with Crippen LogP contribution in [0.15, 0.2) is 0 Å². The molecule has 0 bridgehead atoms. The monoisotopic (exact) mass is 359 g/mol. The maximum Gasteiger partial charge on any atom is 0.224 e. The van der Waals surface area contributed by atoms with Gasteiger partial charge >= 0.3 is 0 Å². The van der Waals surface area contributed by atoms with Crippen molar-refractivity contribution in [2.24, 2.45) is 0 Å². The van der Waals surface area contributed by atoms with Crippen molar-refractivity contribution in [2.45, 2.75) is 52.6 Å². The van der Waals surface area contributed by atoms with E-state index in [9.17, 15) is 4.79 Å². The third-order valence-corrected chi connectivity index (χ3v) is 4.61. The van der Waals surface area contributed by atoms with Crippen LogP contribution in [0.1, 0.15) is 40.5 Å². The van der Waals surface area contributed by atoms with E-state index in [1.165, 1.54) is 0 Å². The Morgan fingerprint density at radius 1 is 0.760 bits per heavy atom. The first-order valence-electron chi connectivity index (χ1n) is 9.55. The van der Waals surface area contributed by atoms with Crippen molar-refractivity contribution in [2.75, 3.05) is 67.2 Å². The Hall–Kier alpha value is -0.690. The van der Waals surface area contributed by atoms with E-state index in [1.54, 1.807) is 4.90 Å². The van der Waals surface area contributed by atoms with E-state index in [0.717, 1.165) is 26.1 Å². The first-order chi connectivity index (χ1) is 11.8. The third-order valence-electron chi connectivity index (χ3n) is 4.61. The van der Waals surface area contributed by atoms with Crippen LogP contribution in [0.2, 0.25) is 0 Å². The Morgan fingerprint density at radius 2 is 1.28 bits per heavy atom. The van der Waals surface area contributed by atoms with Crippen LogP contribution in [0.5, 0.6) is 0 Å². The summed E-state index contributed by atoms with van der Waals surface area (Å²) < 4.78 is 11.0. The van der Waals surface area contributed by atoms with E-state index < -0.39 is 0 Å². The van der Waals surface area contributed by atoms with Gasteiger partial charge in [-0.1, -0.05) is 0 Å². The maximum absolute atomic E-state index is 12.0. The van der Waals surface area contributed by atoms with Crippen molar-refractivity contribution in [3.8, 4) is 0 Å². The fourth-order valence-corrected chi connectivity index (χ4v) is 2.08. The number of ether oxygens (including phenoxy) is 2. The third kappa shape index (κ3) is 13.2. The highest BCUT2D eigenvalue weighted by Crippen LogP contribution is 1.99. The second kappa shape index (κ2) is 14.5. The molecule has 1 amide bonds. The smallest absolute Gasteiger partial charge is 0.224 e. The molecule has 0 aromatic carbocycles. The first-order valence-corrected chi connectivity index (χ1v) is 9.55. The molecule has 0 aromatic rings. The molecule has 0 N–H and O–H groups in total. The van der Waals surface area contributed by atoms with Crippen LogP contribution < -0.4 is 0 Å². The van der Waals surface area contributed by atoms with Crippen LogP contribution in [0, 0.1) is 0 Å². The Labute approximate surface area is 155 Å². The molecular weight excluding hydrogens is 318 g/mol. The van der Waals surface area contributed by atoms with Gasteiger partial charge in [0.05, 0.1) is 32.8 Å². The lowest BCUT2D eigenvalue weighted by Gasteiger charge is -2.23. The summed E-state index contributed by atoms with van der Waals surface area (Å²) in [5.74, 6) is 0.145. The van der Waals surface area contributed by atoms with Gasteiger partial charge in [-0.15, -0.1) is 0 Å². The molecule has 0 saturated heterocycles. The molecule has 0 atom stereocenters. The second-order valence-corrected chi connectivity index (χ2v) is 7.29. The molecule has 150 valence electrons. The highest BCUT2D eigenvalue weighted by Gasteiger charge is 2.09. The average Bonchev–Trinajstić information content (AvgIpc) is 2.56. The van der Waals surface area contributed by atoms with Crippen molar-refractivity contribution < 1.29 is 14.3 Å². The second-order valence-electron chi connectivity index (χ2n) is 7.29. The lowest BCUT2D eigenvalue weighted by molar-refractivity contribution is -0.131.